The first-order valence-electron chi connectivity index (χ1n) is 6.68. The van der Waals surface area contributed by atoms with Gasteiger partial charge in [0.2, 0.25) is 0 Å². The second-order valence-corrected chi connectivity index (χ2v) is 4.39. The summed E-state index contributed by atoms with van der Waals surface area (Å²) in [6.45, 7) is 2.17. The van der Waals surface area contributed by atoms with Crippen LogP contribution in [-0.2, 0) is 0 Å². The summed E-state index contributed by atoms with van der Waals surface area (Å²) < 4.78 is 0. The lowest BCUT2D eigenvalue weighted by molar-refractivity contribution is -0.384. The molecule has 0 fully saturated rings. The van der Waals surface area contributed by atoms with E-state index in [1.165, 1.54) is 37.5 Å². The number of non-ortho nitro benzene ring substituents is 1. The highest BCUT2D eigenvalue weighted by Gasteiger charge is 2.06. The van der Waals surface area contributed by atoms with Crippen LogP contribution in [0.25, 0.3) is 0 Å². The van der Waals surface area contributed by atoms with Gasteiger partial charge in [-0.15, -0.1) is 0 Å². The van der Waals surface area contributed by atoms with Gasteiger partial charge < -0.3 is 5.73 Å². The second kappa shape index (κ2) is 8.61. The van der Waals surface area contributed by atoms with Crippen LogP contribution in [-0.4, -0.2) is 4.92 Å². The number of unbranched alkanes of at least 4 members (excludes halogenated alkanes) is 4. The molecule has 0 amide bonds. The molecule has 0 aliphatic heterocycles. The number of nitrogens with two attached hydrogens (primary N) is 1. The van der Waals surface area contributed by atoms with Crippen molar-refractivity contribution < 1.29 is 4.92 Å². The summed E-state index contributed by atoms with van der Waals surface area (Å²) in [5, 5.41) is 10.7. The lowest BCUT2D eigenvalue weighted by atomic mass is 10.1. The summed E-state index contributed by atoms with van der Waals surface area (Å²) in [5.41, 5.74) is 6.56. The van der Waals surface area contributed by atoms with E-state index in [0.717, 1.165) is 12.8 Å². The molecule has 104 valence electrons. The van der Waals surface area contributed by atoms with E-state index in [2.05, 4.69) is 30.6 Å². The number of hydrogen-bond acceptors (Lipinski definition) is 3. The number of nitro benzene ring substituents is 1. The first kappa shape index (κ1) is 15.6. The maximum Gasteiger partial charge on any atom is 0.270 e. The normalized spacial score (nSPS) is 9.05. The average molecular weight is 270 g/mol. The van der Waals surface area contributed by atoms with Crippen molar-refractivity contribution in [2.45, 2.75) is 39.0 Å². The van der Waals surface area contributed by atoms with Crippen LogP contribution >= 0.6 is 0 Å². The van der Waals surface area contributed by atoms with Crippen LogP contribution in [0, 0.1) is 33.8 Å². The zero-order valence-electron chi connectivity index (χ0n) is 11.6. The van der Waals surface area contributed by atoms with Crippen molar-refractivity contribution in [1.82, 2.24) is 0 Å². The minimum absolute atomic E-state index is 0.0176. The topological polar surface area (TPSA) is 69.2 Å². The molecule has 0 aliphatic rings. The lowest BCUT2D eigenvalue weighted by Crippen LogP contribution is -1.93. The fraction of sp³-hybridized carbons (Fsp3) is 0.375. The maximum atomic E-state index is 10.7. The highest BCUT2D eigenvalue weighted by Crippen LogP contribution is 2.18. The number of nitrogens with zero attached hydrogens (tertiary/aromatic N) is 1. The lowest BCUT2D eigenvalue weighted by Gasteiger charge is -1.96. The first-order chi connectivity index (χ1) is 9.65. The van der Waals surface area contributed by atoms with Gasteiger partial charge in [-0.25, -0.2) is 0 Å². The standard InChI is InChI=1S/C16H18N2O2/c1-2-3-4-5-6-7-8-9-10-14-13-15(18(19)20)11-12-16(14)17/h11-13H,2-6,17H2,1H3. The van der Waals surface area contributed by atoms with Crippen LogP contribution in [0.15, 0.2) is 18.2 Å². The molecular weight excluding hydrogens is 252 g/mol. The van der Waals surface area contributed by atoms with Crippen LogP contribution < -0.4 is 5.73 Å². The minimum Gasteiger partial charge on any atom is -0.398 e. The van der Waals surface area contributed by atoms with E-state index in [9.17, 15) is 10.1 Å². The molecule has 0 bridgehead atoms. The van der Waals surface area contributed by atoms with Gasteiger partial charge in [-0.05, 0) is 24.3 Å². The summed E-state index contributed by atoms with van der Waals surface area (Å²) in [6, 6.07) is 4.21. The third-order valence-electron chi connectivity index (χ3n) is 2.75. The van der Waals surface area contributed by atoms with Crippen molar-refractivity contribution in [3.63, 3.8) is 0 Å². The third kappa shape index (κ3) is 5.46. The van der Waals surface area contributed by atoms with E-state index in [4.69, 9.17) is 5.73 Å². The Morgan fingerprint density at radius 2 is 2.05 bits per heavy atom. The van der Waals surface area contributed by atoms with Crippen LogP contribution in [0.3, 0.4) is 0 Å². The van der Waals surface area contributed by atoms with Gasteiger partial charge in [-0.1, -0.05) is 38.0 Å². The molecular formula is C16H18N2O2. The number of benzene rings is 1. The molecule has 4 nitrogen and oxygen atoms in total. The molecule has 20 heavy (non-hydrogen) atoms. The quantitative estimate of drug-likeness (QED) is 0.293. The van der Waals surface area contributed by atoms with Gasteiger partial charge in [-0.3, -0.25) is 10.1 Å². The van der Waals surface area contributed by atoms with Crippen molar-refractivity contribution in [2.75, 3.05) is 5.73 Å². The Morgan fingerprint density at radius 3 is 2.75 bits per heavy atom. The summed E-state index contributed by atoms with van der Waals surface area (Å²) in [6.07, 6.45) is 5.55. The monoisotopic (exact) mass is 270 g/mol. The molecule has 0 aromatic heterocycles. The summed E-state index contributed by atoms with van der Waals surface area (Å²) in [5.74, 6) is 11.2. The highest BCUT2D eigenvalue weighted by molar-refractivity contribution is 5.60. The van der Waals surface area contributed by atoms with Crippen molar-refractivity contribution in [3.8, 4) is 23.7 Å². The first-order valence-corrected chi connectivity index (χ1v) is 6.68. The second-order valence-electron chi connectivity index (χ2n) is 4.39. The SMILES string of the molecule is CCCCCCC#CC#Cc1cc([N+](=O)[O-])ccc1N. The number of nitro groups is 1. The number of anilines is 1. The van der Waals surface area contributed by atoms with Crippen LogP contribution in [0.5, 0.6) is 0 Å². The Labute approximate surface area is 119 Å². The van der Waals surface area contributed by atoms with E-state index in [-0.39, 0.29) is 5.69 Å². The molecule has 0 heterocycles. The predicted molar refractivity (Wildman–Crippen MR) is 80.9 cm³/mol. The Balaban J connectivity index is 2.61. The highest BCUT2D eigenvalue weighted by atomic mass is 16.6. The zero-order valence-corrected chi connectivity index (χ0v) is 11.6. The molecule has 0 spiro atoms. The summed E-state index contributed by atoms with van der Waals surface area (Å²) >= 11 is 0. The molecule has 2 N–H and O–H groups in total. The number of hydrogen-bond donors (Lipinski definition) is 1. The molecule has 0 unspecified atom stereocenters. The third-order valence-corrected chi connectivity index (χ3v) is 2.75. The van der Waals surface area contributed by atoms with Crippen LogP contribution in [0.1, 0.15) is 44.6 Å². The Morgan fingerprint density at radius 1 is 1.25 bits per heavy atom. The number of nitrogen functional groups attached to an aromatic ring is 1. The molecule has 1 rings (SSSR count). The summed E-state index contributed by atoms with van der Waals surface area (Å²) in [4.78, 5) is 10.2. The maximum absolute atomic E-state index is 10.7. The van der Waals surface area contributed by atoms with Crippen molar-refractivity contribution in [3.05, 3.63) is 33.9 Å². The van der Waals surface area contributed by atoms with Crippen molar-refractivity contribution in [2.24, 2.45) is 0 Å². The van der Waals surface area contributed by atoms with Gasteiger partial charge in [0, 0.05) is 24.2 Å². The molecule has 1 aromatic carbocycles. The van der Waals surface area contributed by atoms with Gasteiger partial charge in [-0.2, -0.15) is 0 Å². The fourth-order valence-electron chi connectivity index (χ4n) is 1.61. The number of rotatable bonds is 5. The molecule has 0 aliphatic carbocycles. The Bertz CT molecular complexity index is 586. The van der Waals surface area contributed by atoms with Gasteiger partial charge in [0.1, 0.15) is 0 Å². The van der Waals surface area contributed by atoms with E-state index >= 15 is 0 Å². The summed E-state index contributed by atoms with van der Waals surface area (Å²) in [7, 11) is 0. The van der Waals surface area contributed by atoms with Crippen LogP contribution in [0.4, 0.5) is 11.4 Å². The van der Waals surface area contributed by atoms with E-state index in [1.54, 1.807) is 0 Å². The van der Waals surface area contributed by atoms with Gasteiger partial charge in [0.15, 0.2) is 0 Å². The Kier molecular flexibility index (Phi) is 6.71. The van der Waals surface area contributed by atoms with Gasteiger partial charge in [0.25, 0.3) is 5.69 Å². The minimum atomic E-state index is -0.468. The predicted octanol–water partition coefficient (Wildman–Crippen LogP) is 3.50. The molecule has 1 aromatic rings. The molecule has 0 saturated heterocycles. The molecule has 0 saturated carbocycles. The largest absolute Gasteiger partial charge is 0.398 e. The average Bonchev–Trinajstić information content (AvgIpc) is 2.43. The van der Waals surface area contributed by atoms with E-state index in [0.29, 0.717) is 11.3 Å². The Hall–Kier alpha value is -2.46. The fourth-order valence-corrected chi connectivity index (χ4v) is 1.61. The van der Waals surface area contributed by atoms with Gasteiger partial charge in [0.05, 0.1) is 10.5 Å². The molecule has 0 radical (unpaired) electrons. The van der Waals surface area contributed by atoms with Crippen LogP contribution in [0.2, 0.25) is 0 Å². The van der Waals surface area contributed by atoms with Crippen molar-refractivity contribution in [1.29, 1.82) is 0 Å². The van der Waals surface area contributed by atoms with E-state index < -0.39 is 4.92 Å². The smallest absolute Gasteiger partial charge is 0.270 e. The van der Waals surface area contributed by atoms with E-state index in [1.807, 2.05) is 0 Å². The molecule has 4 heteroatoms. The zero-order chi connectivity index (χ0) is 14.8. The molecule has 0 atom stereocenters. The van der Waals surface area contributed by atoms with Gasteiger partial charge >= 0.3 is 0 Å². The van der Waals surface area contributed by atoms with Crippen molar-refractivity contribution >= 4 is 11.4 Å².